The molecule has 0 bridgehead atoms. The summed E-state index contributed by atoms with van der Waals surface area (Å²) in [6.07, 6.45) is 3.87. The highest BCUT2D eigenvalue weighted by atomic mass is 79.9. The van der Waals surface area contributed by atoms with Crippen LogP contribution >= 0.6 is 15.9 Å². The first-order valence-electron chi connectivity index (χ1n) is 6.20. The van der Waals surface area contributed by atoms with E-state index in [9.17, 15) is 4.21 Å². The van der Waals surface area contributed by atoms with Gasteiger partial charge >= 0.3 is 0 Å². The van der Waals surface area contributed by atoms with Crippen LogP contribution in [0.2, 0.25) is 0 Å². The minimum atomic E-state index is -1.06. The fraction of sp³-hybridized carbons (Fsp3) is 0.133. The second kappa shape index (κ2) is 5.50. The summed E-state index contributed by atoms with van der Waals surface area (Å²) < 4.78 is 15.3. The van der Waals surface area contributed by atoms with Crippen molar-refractivity contribution in [3.8, 4) is 0 Å². The van der Waals surface area contributed by atoms with Gasteiger partial charge in [-0.2, -0.15) is 0 Å². The van der Waals surface area contributed by atoms with E-state index in [1.54, 1.807) is 0 Å². The van der Waals surface area contributed by atoms with Crippen molar-refractivity contribution < 1.29 is 4.21 Å². The summed E-state index contributed by atoms with van der Waals surface area (Å²) in [4.78, 5) is 5.34. The molecule has 0 N–H and O–H groups in total. The van der Waals surface area contributed by atoms with Crippen LogP contribution in [0.5, 0.6) is 0 Å². The molecule has 2 heterocycles. The lowest BCUT2D eigenvalue weighted by Gasteiger charge is -2.01. The highest BCUT2D eigenvalue weighted by Crippen LogP contribution is 2.16. The van der Waals surface area contributed by atoms with Gasteiger partial charge in [0.1, 0.15) is 5.65 Å². The van der Waals surface area contributed by atoms with Crippen molar-refractivity contribution in [1.82, 2.24) is 9.38 Å². The Hall–Kier alpha value is -1.46. The number of rotatable bonds is 3. The van der Waals surface area contributed by atoms with E-state index in [-0.39, 0.29) is 0 Å². The molecule has 20 heavy (non-hydrogen) atoms. The second-order valence-electron chi connectivity index (χ2n) is 4.65. The number of fused-ring (bicyclic) bond motifs is 1. The van der Waals surface area contributed by atoms with Gasteiger partial charge in [-0.1, -0.05) is 12.1 Å². The van der Waals surface area contributed by atoms with E-state index in [4.69, 9.17) is 0 Å². The average Bonchev–Trinajstić information content (AvgIpc) is 2.80. The molecule has 0 aliphatic rings. The van der Waals surface area contributed by atoms with E-state index in [0.29, 0.717) is 5.75 Å². The number of hydrogen-bond donors (Lipinski definition) is 0. The highest BCUT2D eigenvalue weighted by Gasteiger charge is 2.09. The standard InChI is InChI=1S/C15H13BrN2OS/c1-11-3-2-4-14(7-11)20(19)10-13-9-18-8-12(16)5-6-15(18)17-13/h2-9H,10H2,1H3. The Morgan fingerprint density at radius 2 is 2.10 bits per heavy atom. The Bertz CT molecular complexity index is 797. The first-order valence-corrected chi connectivity index (χ1v) is 8.31. The van der Waals surface area contributed by atoms with Gasteiger partial charge in [-0.3, -0.25) is 4.21 Å². The Morgan fingerprint density at radius 3 is 2.90 bits per heavy atom. The minimum absolute atomic E-state index is 0.433. The van der Waals surface area contributed by atoms with Crippen LogP contribution < -0.4 is 0 Å². The lowest BCUT2D eigenvalue weighted by molar-refractivity contribution is 0.682. The molecule has 2 aromatic heterocycles. The summed E-state index contributed by atoms with van der Waals surface area (Å²) in [6, 6.07) is 11.7. The monoisotopic (exact) mass is 348 g/mol. The van der Waals surface area contributed by atoms with Gasteiger partial charge in [0.05, 0.1) is 22.2 Å². The molecule has 3 aromatic rings. The quantitative estimate of drug-likeness (QED) is 0.722. The van der Waals surface area contributed by atoms with E-state index in [2.05, 4.69) is 20.9 Å². The van der Waals surface area contributed by atoms with Gasteiger partial charge in [-0.05, 0) is 52.7 Å². The number of benzene rings is 1. The second-order valence-corrected chi connectivity index (χ2v) is 7.02. The molecule has 0 aliphatic heterocycles. The van der Waals surface area contributed by atoms with E-state index in [1.807, 2.05) is 60.1 Å². The highest BCUT2D eigenvalue weighted by molar-refractivity contribution is 9.10. The molecule has 1 aromatic carbocycles. The normalized spacial score (nSPS) is 12.7. The third-order valence-corrected chi connectivity index (χ3v) is 4.80. The van der Waals surface area contributed by atoms with E-state index in [0.717, 1.165) is 26.3 Å². The SMILES string of the molecule is Cc1cccc(S(=O)Cc2cn3cc(Br)ccc3n2)c1. The van der Waals surface area contributed by atoms with Crippen LogP contribution in [0.4, 0.5) is 0 Å². The smallest absolute Gasteiger partial charge is 0.137 e. The number of aromatic nitrogens is 2. The molecule has 0 spiro atoms. The molecule has 0 saturated heterocycles. The Kier molecular flexibility index (Phi) is 3.72. The number of hydrogen-bond acceptors (Lipinski definition) is 2. The molecule has 1 atom stereocenters. The Morgan fingerprint density at radius 1 is 1.25 bits per heavy atom. The van der Waals surface area contributed by atoms with E-state index < -0.39 is 10.8 Å². The molecule has 3 rings (SSSR count). The summed E-state index contributed by atoms with van der Waals surface area (Å²) in [6.45, 7) is 2.00. The molecule has 0 fully saturated rings. The Balaban J connectivity index is 1.87. The average molecular weight is 349 g/mol. The third kappa shape index (κ3) is 2.83. The summed E-state index contributed by atoms with van der Waals surface area (Å²) in [5.41, 5.74) is 2.82. The summed E-state index contributed by atoms with van der Waals surface area (Å²) in [5, 5.41) is 0. The van der Waals surface area contributed by atoms with Crippen molar-refractivity contribution in [3.05, 3.63) is 64.5 Å². The third-order valence-electron chi connectivity index (χ3n) is 3.00. The van der Waals surface area contributed by atoms with Crippen molar-refractivity contribution in [3.63, 3.8) is 0 Å². The zero-order valence-corrected chi connectivity index (χ0v) is 13.3. The number of aryl methyl sites for hydroxylation is 1. The zero-order valence-electron chi connectivity index (χ0n) is 10.9. The molecule has 0 saturated carbocycles. The number of halogens is 1. The van der Waals surface area contributed by atoms with Gasteiger partial charge in [0, 0.05) is 21.8 Å². The summed E-state index contributed by atoms with van der Waals surface area (Å²) >= 11 is 3.43. The number of imidazole rings is 1. The van der Waals surface area contributed by atoms with Crippen LogP contribution in [0.1, 0.15) is 11.3 Å². The van der Waals surface area contributed by atoms with Crippen LogP contribution in [-0.4, -0.2) is 13.6 Å². The van der Waals surface area contributed by atoms with Crippen LogP contribution in [-0.2, 0) is 16.6 Å². The molecule has 5 heteroatoms. The van der Waals surface area contributed by atoms with Gasteiger partial charge in [-0.25, -0.2) is 4.98 Å². The molecule has 3 nitrogen and oxygen atoms in total. The largest absolute Gasteiger partial charge is 0.306 e. The van der Waals surface area contributed by atoms with Crippen molar-refractivity contribution >= 4 is 32.4 Å². The van der Waals surface area contributed by atoms with Crippen LogP contribution in [0.15, 0.2) is 58.2 Å². The van der Waals surface area contributed by atoms with E-state index >= 15 is 0 Å². The molecule has 1 unspecified atom stereocenters. The number of nitrogens with zero attached hydrogens (tertiary/aromatic N) is 2. The fourth-order valence-corrected chi connectivity index (χ4v) is 3.54. The van der Waals surface area contributed by atoms with E-state index in [1.165, 1.54) is 0 Å². The van der Waals surface area contributed by atoms with Crippen molar-refractivity contribution in [2.75, 3.05) is 0 Å². The van der Waals surface area contributed by atoms with Crippen molar-refractivity contribution in [1.29, 1.82) is 0 Å². The maximum atomic E-state index is 12.4. The Labute approximate surface area is 128 Å². The molecule has 0 amide bonds. The van der Waals surface area contributed by atoms with Gasteiger partial charge in [0.25, 0.3) is 0 Å². The maximum absolute atomic E-state index is 12.4. The molecule has 0 radical (unpaired) electrons. The van der Waals surface area contributed by atoms with Crippen LogP contribution in [0, 0.1) is 6.92 Å². The van der Waals surface area contributed by atoms with Crippen LogP contribution in [0.3, 0.4) is 0 Å². The predicted octanol–water partition coefficient (Wildman–Crippen LogP) is 3.71. The minimum Gasteiger partial charge on any atom is -0.306 e. The zero-order chi connectivity index (χ0) is 14.1. The molecule has 0 aliphatic carbocycles. The van der Waals surface area contributed by atoms with Crippen molar-refractivity contribution in [2.24, 2.45) is 0 Å². The molecular formula is C15H13BrN2OS. The van der Waals surface area contributed by atoms with Gasteiger partial charge in [-0.15, -0.1) is 0 Å². The van der Waals surface area contributed by atoms with Gasteiger partial charge < -0.3 is 4.40 Å². The molecular weight excluding hydrogens is 336 g/mol. The lowest BCUT2D eigenvalue weighted by atomic mass is 10.2. The van der Waals surface area contributed by atoms with Gasteiger partial charge in [0.15, 0.2) is 0 Å². The summed E-state index contributed by atoms with van der Waals surface area (Å²) in [5.74, 6) is 0.433. The first-order chi connectivity index (χ1) is 9.61. The lowest BCUT2D eigenvalue weighted by Crippen LogP contribution is -1.97. The predicted molar refractivity (Wildman–Crippen MR) is 84.2 cm³/mol. The fourth-order valence-electron chi connectivity index (χ4n) is 2.06. The van der Waals surface area contributed by atoms with Crippen molar-refractivity contribution in [2.45, 2.75) is 17.6 Å². The van der Waals surface area contributed by atoms with Gasteiger partial charge in [0.2, 0.25) is 0 Å². The first kappa shape index (κ1) is 13.5. The topological polar surface area (TPSA) is 34.4 Å². The number of pyridine rings is 1. The summed E-state index contributed by atoms with van der Waals surface area (Å²) in [7, 11) is -1.06. The maximum Gasteiger partial charge on any atom is 0.137 e. The molecule has 102 valence electrons. The van der Waals surface area contributed by atoms with Crippen LogP contribution in [0.25, 0.3) is 5.65 Å².